The minimum Gasteiger partial charge on any atom is -0.490 e. The number of aliphatic hydroxyl groups is 2. The quantitative estimate of drug-likeness (QED) is 0.422. The molecule has 1 saturated heterocycles. The van der Waals surface area contributed by atoms with Crippen LogP contribution in [0.3, 0.4) is 0 Å². The summed E-state index contributed by atoms with van der Waals surface area (Å²) < 4.78 is 72.5. The molecule has 2 aromatic carbocycles. The van der Waals surface area contributed by atoms with Gasteiger partial charge < -0.3 is 19.7 Å². The summed E-state index contributed by atoms with van der Waals surface area (Å²) in [5.41, 5.74) is -5.81. The number of hydrogen-bond donors (Lipinski definition) is 2. The molecule has 0 radical (unpaired) electrons. The second-order valence-corrected chi connectivity index (χ2v) is 10.8. The third kappa shape index (κ3) is 3.58. The molecule has 1 aliphatic heterocycles. The maximum atomic E-state index is 16.3. The van der Waals surface area contributed by atoms with Crippen molar-refractivity contribution in [1.82, 2.24) is 14.8 Å². The van der Waals surface area contributed by atoms with Crippen LogP contribution in [0.25, 0.3) is 0 Å². The smallest absolute Gasteiger partial charge is 0.287 e. The number of nitrogens with zero attached hydrogens (tertiary/aromatic N) is 3. The molecule has 0 spiro atoms. The van der Waals surface area contributed by atoms with Gasteiger partial charge >= 0.3 is 0 Å². The predicted octanol–water partition coefficient (Wildman–Crippen LogP) is 3.34. The molecule has 7 nitrogen and oxygen atoms in total. The van der Waals surface area contributed by atoms with Crippen molar-refractivity contribution in [3.05, 3.63) is 77.9 Å². The highest BCUT2D eigenvalue weighted by atomic mass is 19.3. The van der Waals surface area contributed by atoms with E-state index in [9.17, 15) is 19.0 Å². The first-order chi connectivity index (χ1) is 17.5. The zero-order valence-electron chi connectivity index (χ0n) is 19.7. The van der Waals surface area contributed by atoms with Gasteiger partial charge in [-0.2, -0.15) is 5.10 Å². The Hall–Kier alpha value is -3.02. The Kier molecular flexibility index (Phi) is 5.25. The van der Waals surface area contributed by atoms with Crippen molar-refractivity contribution in [2.24, 2.45) is 5.41 Å². The number of alkyl halides is 2. The molecule has 3 saturated carbocycles. The van der Waals surface area contributed by atoms with Crippen LogP contribution in [-0.2, 0) is 22.3 Å². The average Bonchev–Trinajstić information content (AvgIpc) is 3.28. The fraction of sp³-hybridized carbons (Fsp3) is 0.462. The van der Waals surface area contributed by atoms with E-state index in [4.69, 9.17) is 9.47 Å². The Morgan fingerprint density at radius 1 is 1.05 bits per heavy atom. The molecule has 2 N–H and O–H groups in total. The van der Waals surface area contributed by atoms with Gasteiger partial charge in [0.05, 0.1) is 19.8 Å². The van der Waals surface area contributed by atoms with E-state index in [0.29, 0.717) is 11.8 Å². The number of benzene rings is 2. The van der Waals surface area contributed by atoms with E-state index in [2.05, 4.69) is 10.1 Å². The van der Waals surface area contributed by atoms with Crippen LogP contribution >= 0.6 is 0 Å². The Balaban J connectivity index is 1.22. The minimum absolute atomic E-state index is 0.0944. The molecule has 2 heterocycles. The fourth-order valence-corrected chi connectivity index (χ4v) is 6.14. The van der Waals surface area contributed by atoms with Crippen LogP contribution in [0.15, 0.2) is 55.1 Å². The summed E-state index contributed by atoms with van der Waals surface area (Å²) in [6, 6.07) is 9.31. The molecule has 4 fully saturated rings. The van der Waals surface area contributed by atoms with Crippen molar-refractivity contribution in [3.8, 4) is 5.75 Å². The van der Waals surface area contributed by atoms with Gasteiger partial charge in [-0.1, -0.05) is 12.1 Å². The van der Waals surface area contributed by atoms with Crippen LogP contribution in [0.5, 0.6) is 5.75 Å². The molecule has 196 valence electrons. The molecular formula is C26H25F4N3O4. The highest BCUT2D eigenvalue weighted by Gasteiger charge is 2.82. The molecule has 37 heavy (non-hydrogen) atoms. The highest BCUT2D eigenvalue weighted by molar-refractivity contribution is 5.44. The van der Waals surface area contributed by atoms with Gasteiger partial charge in [-0.3, -0.25) is 0 Å². The van der Waals surface area contributed by atoms with Crippen LogP contribution in [0.1, 0.15) is 30.4 Å². The van der Waals surface area contributed by atoms with E-state index in [1.165, 1.54) is 0 Å². The molecule has 1 aromatic heterocycles. The van der Waals surface area contributed by atoms with Crippen molar-refractivity contribution in [2.45, 2.75) is 48.3 Å². The lowest BCUT2D eigenvalue weighted by atomic mass is 9.30. The van der Waals surface area contributed by atoms with E-state index in [0.717, 1.165) is 35.0 Å². The van der Waals surface area contributed by atoms with Crippen molar-refractivity contribution in [3.63, 3.8) is 0 Å². The normalized spacial score (nSPS) is 27.4. The maximum absolute atomic E-state index is 16.3. The second-order valence-electron chi connectivity index (χ2n) is 10.8. The summed E-state index contributed by atoms with van der Waals surface area (Å²) in [5, 5.41) is 25.4. The monoisotopic (exact) mass is 519 g/mol. The molecule has 1 atom stereocenters. The molecular weight excluding hydrogens is 494 g/mol. The molecule has 2 bridgehead atoms. The molecule has 4 aliphatic rings. The van der Waals surface area contributed by atoms with Crippen molar-refractivity contribution in [1.29, 1.82) is 0 Å². The van der Waals surface area contributed by atoms with E-state index >= 15 is 8.78 Å². The summed E-state index contributed by atoms with van der Waals surface area (Å²) in [4.78, 5) is 3.73. The summed E-state index contributed by atoms with van der Waals surface area (Å²) >= 11 is 0. The maximum Gasteiger partial charge on any atom is 0.287 e. The van der Waals surface area contributed by atoms with Gasteiger partial charge in [0, 0.05) is 17.0 Å². The topological polar surface area (TPSA) is 89.6 Å². The summed E-state index contributed by atoms with van der Waals surface area (Å²) in [6.45, 7) is -0.219. The minimum atomic E-state index is -3.75. The summed E-state index contributed by atoms with van der Waals surface area (Å²) in [5.74, 6) is -5.39. The van der Waals surface area contributed by atoms with Crippen LogP contribution in [0.2, 0.25) is 0 Å². The Bertz CT molecular complexity index is 1290. The van der Waals surface area contributed by atoms with E-state index < -0.39 is 51.7 Å². The number of rotatable bonds is 9. The average molecular weight is 519 g/mol. The van der Waals surface area contributed by atoms with Gasteiger partial charge in [0.2, 0.25) is 0 Å². The zero-order valence-corrected chi connectivity index (χ0v) is 19.7. The number of aromatic nitrogens is 3. The molecule has 1 unspecified atom stereocenters. The van der Waals surface area contributed by atoms with Crippen LogP contribution in [0, 0.1) is 17.0 Å². The first-order valence-electron chi connectivity index (χ1n) is 11.9. The van der Waals surface area contributed by atoms with Crippen LogP contribution < -0.4 is 4.74 Å². The first kappa shape index (κ1) is 24.3. The molecule has 0 amide bonds. The fourth-order valence-electron chi connectivity index (χ4n) is 6.14. The Labute approximate surface area is 209 Å². The van der Waals surface area contributed by atoms with Crippen LogP contribution in [0.4, 0.5) is 17.6 Å². The third-order valence-corrected chi connectivity index (χ3v) is 8.17. The Morgan fingerprint density at radius 2 is 1.76 bits per heavy atom. The van der Waals surface area contributed by atoms with Gasteiger partial charge in [0.25, 0.3) is 5.92 Å². The van der Waals surface area contributed by atoms with Gasteiger partial charge in [0.15, 0.2) is 5.60 Å². The first-order valence-corrected chi connectivity index (χ1v) is 11.9. The number of ether oxygens (including phenoxy) is 2. The lowest BCUT2D eigenvalue weighted by Gasteiger charge is -2.74. The van der Waals surface area contributed by atoms with Crippen molar-refractivity contribution >= 4 is 0 Å². The summed E-state index contributed by atoms with van der Waals surface area (Å²) in [7, 11) is 0. The Morgan fingerprint density at radius 3 is 2.32 bits per heavy atom. The number of hydrogen-bond acceptors (Lipinski definition) is 6. The largest absolute Gasteiger partial charge is 0.490 e. The van der Waals surface area contributed by atoms with Gasteiger partial charge in [-0.25, -0.2) is 27.2 Å². The third-order valence-electron chi connectivity index (χ3n) is 8.17. The van der Waals surface area contributed by atoms with E-state index in [1.54, 1.807) is 12.1 Å². The van der Waals surface area contributed by atoms with Gasteiger partial charge in [-0.15, -0.1) is 0 Å². The molecule has 7 rings (SSSR count). The van der Waals surface area contributed by atoms with E-state index in [-0.39, 0.29) is 39.1 Å². The molecule has 3 aliphatic carbocycles. The molecule has 11 heteroatoms. The summed E-state index contributed by atoms with van der Waals surface area (Å²) in [6.07, 6.45) is 2.60. The highest BCUT2D eigenvalue weighted by Crippen LogP contribution is 2.80. The van der Waals surface area contributed by atoms with Crippen molar-refractivity contribution in [2.75, 3.05) is 19.8 Å². The van der Waals surface area contributed by atoms with Gasteiger partial charge in [-0.05, 0) is 54.5 Å². The van der Waals surface area contributed by atoms with E-state index in [1.807, 2.05) is 12.1 Å². The number of halogens is 4. The van der Waals surface area contributed by atoms with Crippen LogP contribution in [-0.4, -0.2) is 56.3 Å². The lowest BCUT2D eigenvalue weighted by Crippen LogP contribution is -2.76. The molecule has 3 aromatic rings. The van der Waals surface area contributed by atoms with Crippen molar-refractivity contribution < 1.29 is 37.2 Å². The second kappa shape index (κ2) is 7.99. The standard InChI is InChI=1S/C26H25F4N3O4/c27-18-3-6-20(21(28)7-18)25(35,11-33-16-31-15-32-33)26(29,30)23-8-22(9-23,10-23)17-1-4-19(5-2-17)37-14-24(34)12-36-13-24/h1-7,15-16,34-35H,8-14H2. The zero-order chi connectivity index (χ0) is 26.1. The lowest BCUT2D eigenvalue weighted by molar-refractivity contribution is -0.347. The van der Waals surface area contributed by atoms with Gasteiger partial charge in [0.1, 0.15) is 42.2 Å². The SMILES string of the molecule is OC1(COc2ccc(C34CC(C(F)(F)C(O)(Cn5cncn5)c5ccc(F)cc5F)(C3)C4)cc2)COC1. The predicted molar refractivity (Wildman–Crippen MR) is 121 cm³/mol.